The Hall–Kier alpha value is -2.70. The number of hydrogen-bond acceptors (Lipinski definition) is 4. The molecule has 1 aromatic heterocycles. The van der Waals surface area contributed by atoms with Gasteiger partial charge in [0.15, 0.2) is 0 Å². The molecule has 0 unspecified atom stereocenters. The quantitative estimate of drug-likeness (QED) is 0.551. The van der Waals surface area contributed by atoms with Crippen LogP contribution in [0.15, 0.2) is 36.4 Å². The Kier molecular flexibility index (Phi) is 6.69. The number of nitrogens with one attached hydrogen (secondary N) is 1. The van der Waals surface area contributed by atoms with Gasteiger partial charge in [0.2, 0.25) is 5.91 Å². The highest BCUT2D eigenvalue weighted by Crippen LogP contribution is 2.34. The number of methoxy groups -OCH3 is 1. The summed E-state index contributed by atoms with van der Waals surface area (Å²) in [5.74, 6) is 1.73. The average molecular weight is 475 g/mol. The molecular weight excluding hydrogens is 436 g/mol. The molecule has 5 rings (SSSR count). The lowest BCUT2D eigenvalue weighted by molar-refractivity contribution is -0.118. The molecule has 1 fully saturated rings. The molecule has 6 heteroatoms. The molecular formula is C29H38N4O2. The van der Waals surface area contributed by atoms with E-state index in [9.17, 15) is 4.79 Å². The van der Waals surface area contributed by atoms with Crippen molar-refractivity contribution < 1.29 is 9.53 Å². The third kappa shape index (κ3) is 4.87. The smallest absolute Gasteiger partial charge is 0.226 e. The number of imidazole rings is 1. The van der Waals surface area contributed by atoms with E-state index < -0.39 is 0 Å². The van der Waals surface area contributed by atoms with Crippen LogP contribution >= 0.6 is 0 Å². The first-order valence-electron chi connectivity index (χ1n) is 13.0. The van der Waals surface area contributed by atoms with Crippen LogP contribution in [0.25, 0.3) is 11.0 Å². The van der Waals surface area contributed by atoms with E-state index in [1.807, 2.05) is 27.0 Å². The van der Waals surface area contributed by atoms with Crippen molar-refractivity contribution in [2.45, 2.75) is 59.1 Å². The molecule has 35 heavy (non-hydrogen) atoms. The molecule has 1 saturated heterocycles. The summed E-state index contributed by atoms with van der Waals surface area (Å²) in [5.41, 5.74) is 7.25. The van der Waals surface area contributed by atoms with Crippen LogP contribution in [0.3, 0.4) is 0 Å². The van der Waals surface area contributed by atoms with Crippen molar-refractivity contribution in [1.82, 2.24) is 14.5 Å². The summed E-state index contributed by atoms with van der Waals surface area (Å²) in [5, 5.41) is 3.05. The van der Waals surface area contributed by atoms with Gasteiger partial charge in [0, 0.05) is 38.3 Å². The molecule has 1 amide bonds. The molecule has 3 aromatic rings. The molecule has 0 radical (unpaired) electrons. The summed E-state index contributed by atoms with van der Waals surface area (Å²) < 4.78 is 8.45. The predicted molar refractivity (Wildman–Crippen MR) is 141 cm³/mol. The van der Waals surface area contributed by atoms with Gasteiger partial charge >= 0.3 is 0 Å². The molecule has 0 saturated carbocycles. The van der Waals surface area contributed by atoms with Crippen LogP contribution < -0.4 is 5.32 Å². The number of anilines is 1. The van der Waals surface area contributed by atoms with E-state index >= 15 is 0 Å². The second kappa shape index (κ2) is 9.75. The fourth-order valence-corrected chi connectivity index (χ4v) is 5.98. The Morgan fingerprint density at radius 1 is 1.14 bits per heavy atom. The summed E-state index contributed by atoms with van der Waals surface area (Å²) in [6.45, 7) is 11.2. The number of nitrogens with zero attached hydrogens (tertiary/aromatic N) is 3. The van der Waals surface area contributed by atoms with Crippen molar-refractivity contribution in [2.75, 3.05) is 32.1 Å². The van der Waals surface area contributed by atoms with Gasteiger partial charge < -0.3 is 19.5 Å². The van der Waals surface area contributed by atoms with Crippen LogP contribution in [0.4, 0.5) is 5.69 Å². The molecule has 2 heterocycles. The fraction of sp³-hybridized carbons (Fsp3) is 0.517. The van der Waals surface area contributed by atoms with E-state index in [2.05, 4.69) is 59.0 Å². The molecule has 0 spiro atoms. The summed E-state index contributed by atoms with van der Waals surface area (Å²) in [6.07, 6.45) is 3.38. The second-order valence-electron chi connectivity index (χ2n) is 10.8. The van der Waals surface area contributed by atoms with Gasteiger partial charge in [0.25, 0.3) is 0 Å². The van der Waals surface area contributed by atoms with E-state index in [0.29, 0.717) is 12.0 Å². The maximum atomic E-state index is 12.1. The largest absolute Gasteiger partial charge is 0.378 e. The Labute approximate surface area is 208 Å². The van der Waals surface area contributed by atoms with Gasteiger partial charge in [-0.25, -0.2) is 4.98 Å². The maximum Gasteiger partial charge on any atom is 0.226 e. The first kappa shape index (κ1) is 24.0. The van der Waals surface area contributed by atoms with E-state index in [-0.39, 0.29) is 17.9 Å². The average Bonchev–Trinajstić information content (AvgIpc) is 3.37. The number of carbonyl (C=O) groups excluding carboxylic acids is 1. The van der Waals surface area contributed by atoms with E-state index in [0.717, 1.165) is 55.9 Å². The summed E-state index contributed by atoms with van der Waals surface area (Å²) >= 11 is 0. The minimum atomic E-state index is -0.0131. The molecule has 2 aromatic carbocycles. The lowest BCUT2D eigenvalue weighted by atomic mass is 9.98. The highest BCUT2D eigenvalue weighted by atomic mass is 16.5. The van der Waals surface area contributed by atoms with Crippen LogP contribution in [0, 0.1) is 25.7 Å². The fourth-order valence-electron chi connectivity index (χ4n) is 5.98. The number of carbonyl (C=O) groups is 1. The van der Waals surface area contributed by atoms with Gasteiger partial charge in [-0.05, 0) is 80.0 Å². The number of piperidine rings is 1. The minimum absolute atomic E-state index is 0.0131. The molecule has 2 aliphatic rings. The standard InChI is InChI=1S/C29H38N4O2/c1-18(2)29(34)31-24-8-7-22-13-21(14-23(22)15-24)16-32-11-10-27(28(17-32)35-5)33-20(4)30-25-12-19(3)6-9-26(25)33/h6-9,12,15,18,21,27-28H,10-11,13-14,16-17H2,1-5H3,(H,31,34)/t21-,27-,28-/m1/s1. The van der Waals surface area contributed by atoms with E-state index in [1.54, 1.807) is 0 Å². The van der Waals surface area contributed by atoms with Crippen LogP contribution in [0.5, 0.6) is 0 Å². The van der Waals surface area contributed by atoms with Gasteiger partial charge in [-0.3, -0.25) is 4.79 Å². The number of rotatable bonds is 6. The molecule has 1 aliphatic carbocycles. The molecule has 6 nitrogen and oxygen atoms in total. The molecule has 0 bridgehead atoms. The number of ether oxygens (including phenoxy) is 1. The molecule has 1 N–H and O–H groups in total. The zero-order chi connectivity index (χ0) is 24.7. The summed E-state index contributed by atoms with van der Waals surface area (Å²) in [6, 6.07) is 13.3. The van der Waals surface area contributed by atoms with Crippen molar-refractivity contribution in [1.29, 1.82) is 0 Å². The van der Waals surface area contributed by atoms with Crippen LogP contribution in [0.2, 0.25) is 0 Å². The Bertz CT molecular complexity index is 1230. The van der Waals surface area contributed by atoms with Gasteiger partial charge in [0.1, 0.15) is 5.82 Å². The predicted octanol–water partition coefficient (Wildman–Crippen LogP) is 4.92. The van der Waals surface area contributed by atoms with Crippen molar-refractivity contribution in [3.63, 3.8) is 0 Å². The molecule has 1 aliphatic heterocycles. The Morgan fingerprint density at radius 2 is 1.94 bits per heavy atom. The number of aromatic nitrogens is 2. The Morgan fingerprint density at radius 3 is 2.71 bits per heavy atom. The van der Waals surface area contributed by atoms with Crippen molar-refractivity contribution >= 4 is 22.6 Å². The Balaban J connectivity index is 1.24. The van der Waals surface area contributed by atoms with Crippen molar-refractivity contribution in [3.8, 4) is 0 Å². The SMILES string of the molecule is CO[C@@H]1CN(C[C@@H]2Cc3ccc(NC(=O)C(C)C)cc3C2)CC[C@H]1n1c(C)nc2cc(C)ccc21. The number of amides is 1. The first-order valence-corrected chi connectivity index (χ1v) is 13.0. The third-order valence-corrected chi connectivity index (χ3v) is 7.80. The zero-order valence-electron chi connectivity index (χ0n) is 21.7. The van der Waals surface area contributed by atoms with Gasteiger partial charge in [0.05, 0.1) is 23.2 Å². The van der Waals surface area contributed by atoms with Crippen molar-refractivity contribution in [2.24, 2.45) is 11.8 Å². The van der Waals surface area contributed by atoms with E-state index in [1.165, 1.54) is 22.2 Å². The lowest BCUT2D eigenvalue weighted by Crippen LogP contribution is -2.47. The number of fused-ring (bicyclic) bond motifs is 2. The van der Waals surface area contributed by atoms with Crippen LogP contribution in [-0.2, 0) is 22.4 Å². The normalized spacial score (nSPS) is 22.6. The molecule has 3 atom stereocenters. The van der Waals surface area contributed by atoms with Gasteiger partial charge in [-0.15, -0.1) is 0 Å². The number of likely N-dealkylation sites (tertiary alicyclic amines) is 1. The number of hydrogen-bond donors (Lipinski definition) is 1. The third-order valence-electron chi connectivity index (χ3n) is 7.80. The van der Waals surface area contributed by atoms with Crippen molar-refractivity contribution in [3.05, 3.63) is 58.9 Å². The first-order chi connectivity index (χ1) is 16.8. The second-order valence-corrected chi connectivity index (χ2v) is 10.8. The zero-order valence-corrected chi connectivity index (χ0v) is 21.7. The number of aryl methyl sites for hydroxylation is 2. The highest BCUT2D eigenvalue weighted by molar-refractivity contribution is 5.92. The maximum absolute atomic E-state index is 12.1. The summed E-state index contributed by atoms with van der Waals surface area (Å²) in [4.78, 5) is 19.5. The minimum Gasteiger partial charge on any atom is -0.378 e. The van der Waals surface area contributed by atoms with E-state index in [4.69, 9.17) is 9.72 Å². The lowest BCUT2D eigenvalue weighted by Gasteiger charge is -2.40. The summed E-state index contributed by atoms with van der Waals surface area (Å²) in [7, 11) is 1.85. The highest BCUT2D eigenvalue weighted by Gasteiger charge is 2.34. The van der Waals surface area contributed by atoms with Gasteiger partial charge in [-0.2, -0.15) is 0 Å². The monoisotopic (exact) mass is 474 g/mol. The number of benzene rings is 2. The van der Waals surface area contributed by atoms with Crippen LogP contribution in [0.1, 0.15) is 48.8 Å². The topological polar surface area (TPSA) is 59.4 Å². The molecule has 186 valence electrons. The van der Waals surface area contributed by atoms with Gasteiger partial charge in [-0.1, -0.05) is 26.0 Å². The van der Waals surface area contributed by atoms with Crippen LogP contribution in [-0.4, -0.2) is 53.2 Å².